The van der Waals surface area contributed by atoms with E-state index >= 15 is 0 Å². The maximum atomic E-state index is 13.5. The van der Waals surface area contributed by atoms with E-state index in [0.29, 0.717) is 18.7 Å². The summed E-state index contributed by atoms with van der Waals surface area (Å²) in [4.78, 5) is 0.0460. The van der Waals surface area contributed by atoms with E-state index in [1.165, 1.54) is 35.5 Å². The first-order valence-corrected chi connectivity index (χ1v) is 9.08. The van der Waals surface area contributed by atoms with Gasteiger partial charge in [-0.3, -0.25) is 0 Å². The third-order valence-electron chi connectivity index (χ3n) is 4.16. The molecule has 25 heavy (non-hydrogen) atoms. The van der Waals surface area contributed by atoms with Crippen molar-refractivity contribution in [3.05, 3.63) is 65.2 Å². The first-order chi connectivity index (χ1) is 11.4. The van der Waals surface area contributed by atoms with Gasteiger partial charge in [-0.25, -0.2) is 17.2 Å². The molecule has 2 aromatic carbocycles. The minimum atomic E-state index is -3.81. The maximum absolute atomic E-state index is 13.5. The van der Waals surface area contributed by atoms with Gasteiger partial charge in [0.25, 0.3) is 0 Å². The van der Waals surface area contributed by atoms with Crippen LogP contribution in [0, 0.1) is 18.6 Å². The predicted octanol–water partition coefficient (Wildman–Crippen LogP) is 3.03. The van der Waals surface area contributed by atoms with Crippen LogP contribution >= 0.6 is 12.4 Å². The van der Waals surface area contributed by atoms with Gasteiger partial charge in [-0.2, -0.15) is 4.31 Å². The Morgan fingerprint density at radius 2 is 1.92 bits per heavy atom. The molecule has 0 saturated carbocycles. The zero-order chi connectivity index (χ0) is 17.3. The molecule has 1 aliphatic heterocycles. The van der Waals surface area contributed by atoms with Gasteiger partial charge in [0.05, 0.1) is 10.9 Å². The van der Waals surface area contributed by atoms with Gasteiger partial charge in [0.15, 0.2) is 0 Å². The highest BCUT2D eigenvalue weighted by Gasteiger charge is 2.34. The van der Waals surface area contributed by atoms with Gasteiger partial charge in [-0.1, -0.05) is 12.1 Å². The summed E-state index contributed by atoms with van der Waals surface area (Å²) in [6, 6.07) is 9.17. The molecule has 0 spiro atoms. The molecule has 0 radical (unpaired) electrons. The van der Waals surface area contributed by atoms with Crippen LogP contribution in [0.1, 0.15) is 17.2 Å². The Balaban J connectivity index is 0.00000225. The Bertz CT molecular complexity index is 861. The molecule has 1 heterocycles. The highest BCUT2D eigenvalue weighted by molar-refractivity contribution is 7.89. The summed E-state index contributed by atoms with van der Waals surface area (Å²) < 4.78 is 54.3. The molecule has 3 rings (SSSR count). The topological polar surface area (TPSA) is 49.4 Å². The van der Waals surface area contributed by atoms with Gasteiger partial charge < -0.3 is 5.32 Å². The van der Waals surface area contributed by atoms with Crippen molar-refractivity contribution in [3.63, 3.8) is 0 Å². The number of rotatable bonds is 3. The molecule has 2 aromatic rings. The number of nitrogens with zero attached hydrogens (tertiary/aromatic N) is 1. The van der Waals surface area contributed by atoms with Gasteiger partial charge in [0.2, 0.25) is 10.0 Å². The van der Waals surface area contributed by atoms with Crippen LogP contribution in [0.4, 0.5) is 8.78 Å². The molecule has 0 bridgehead atoms. The lowest BCUT2D eigenvalue weighted by Crippen LogP contribution is -2.48. The van der Waals surface area contributed by atoms with E-state index in [1.54, 1.807) is 12.1 Å². The largest absolute Gasteiger partial charge is 0.313 e. The van der Waals surface area contributed by atoms with Crippen molar-refractivity contribution in [3.8, 4) is 0 Å². The van der Waals surface area contributed by atoms with Gasteiger partial charge >= 0.3 is 0 Å². The van der Waals surface area contributed by atoms with Crippen molar-refractivity contribution in [2.24, 2.45) is 0 Å². The molecule has 1 unspecified atom stereocenters. The summed E-state index contributed by atoms with van der Waals surface area (Å²) >= 11 is 0. The zero-order valence-corrected chi connectivity index (χ0v) is 15.2. The van der Waals surface area contributed by atoms with E-state index in [1.807, 2.05) is 0 Å². The normalized spacial score (nSPS) is 18.6. The molecule has 4 nitrogen and oxygen atoms in total. The SMILES string of the molecule is Cc1cc(S(=O)(=O)N2CCNCC2c2cccc(F)c2)ccc1F.Cl. The molecule has 1 aliphatic rings. The van der Waals surface area contributed by atoms with Crippen molar-refractivity contribution in [2.75, 3.05) is 19.6 Å². The van der Waals surface area contributed by atoms with Crippen LogP contribution in [0.15, 0.2) is 47.4 Å². The van der Waals surface area contributed by atoms with E-state index in [9.17, 15) is 17.2 Å². The Morgan fingerprint density at radius 3 is 2.60 bits per heavy atom. The van der Waals surface area contributed by atoms with E-state index in [-0.39, 0.29) is 29.4 Å². The number of sulfonamides is 1. The monoisotopic (exact) mass is 388 g/mol. The third kappa shape index (κ3) is 4.00. The Hall–Kier alpha value is -1.54. The summed E-state index contributed by atoms with van der Waals surface area (Å²) in [7, 11) is -3.81. The number of hydrogen-bond acceptors (Lipinski definition) is 3. The van der Waals surface area contributed by atoms with Crippen molar-refractivity contribution in [1.82, 2.24) is 9.62 Å². The molecule has 8 heteroatoms. The third-order valence-corrected chi connectivity index (χ3v) is 6.07. The number of hydrogen-bond donors (Lipinski definition) is 1. The molecule has 1 fully saturated rings. The number of aryl methyl sites for hydroxylation is 1. The second-order valence-corrected chi connectivity index (χ2v) is 7.69. The molecule has 1 saturated heterocycles. The predicted molar refractivity (Wildman–Crippen MR) is 94.3 cm³/mol. The lowest BCUT2D eigenvalue weighted by molar-refractivity contribution is 0.271. The molecular formula is C17H19ClF2N2O2S. The number of benzene rings is 2. The van der Waals surface area contributed by atoms with Crippen LogP contribution in [0.2, 0.25) is 0 Å². The fraction of sp³-hybridized carbons (Fsp3) is 0.294. The van der Waals surface area contributed by atoms with E-state index in [4.69, 9.17) is 0 Å². The molecule has 0 amide bonds. The van der Waals surface area contributed by atoms with Gasteiger partial charge in [-0.05, 0) is 48.4 Å². The Labute approximate surface area is 152 Å². The Morgan fingerprint density at radius 1 is 1.16 bits per heavy atom. The van der Waals surface area contributed by atoms with Gasteiger partial charge in [-0.15, -0.1) is 12.4 Å². The zero-order valence-electron chi connectivity index (χ0n) is 13.6. The molecular weight excluding hydrogens is 370 g/mol. The van der Waals surface area contributed by atoms with Crippen molar-refractivity contribution < 1.29 is 17.2 Å². The summed E-state index contributed by atoms with van der Waals surface area (Å²) in [5.74, 6) is -0.857. The minimum Gasteiger partial charge on any atom is -0.313 e. The average molecular weight is 389 g/mol. The second kappa shape index (κ2) is 7.78. The van der Waals surface area contributed by atoms with Crippen LogP contribution in [-0.4, -0.2) is 32.4 Å². The highest BCUT2D eigenvalue weighted by Crippen LogP contribution is 2.29. The van der Waals surface area contributed by atoms with Crippen LogP contribution in [0.25, 0.3) is 0 Å². The first kappa shape index (κ1) is 19.8. The van der Waals surface area contributed by atoms with Crippen LogP contribution in [-0.2, 0) is 10.0 Å². The summed E-state index contributed by atoms with van der Waals surface area (Å²) in [6.45, 7) is 2.68. The summed E-state index contributed by atoms with van der Waals surface area (Å²) in [5, 5.41) is 3.14. The standard InChI is InChI=1S/C17H18F2N2O2S.ClH/c1-12-9-15(5-6-16(12)19)24(22,23)21-8-7-20-11-17(21)13-3-2-4-14(18)10-13;/h2-6,9-10,17,20H,7-8,11H2,1H3;1H. The van der Waals surface area contributed by atoms with Crippen molar-refractivity contribution in [2.45, 2.75) is 17.9 Å². The fourth-order valence-electron chi connectivity index (χ4n) is 2.88. The number of nitrogens with one attached hydrogen (secondary N) is 1. The summed E-state index contributed by atoms with van der Waals surface area (Å²) in [6.07, 6.45) is 0. The lowest BCUT2D eigenvalue weighted by atomic mass is 10.1. The second-order valence-electron chi connectivity index (χ2n) is 5.80. The fourth-order valence-corrected chi connectivity index (χ4v) is 4.58. The van der Waals surface area contributed by atoms with Gasteiger partial charge in [0.1, 0.15) is 11.6 Å². The highest BCUT2D eigenvalue weighted by atomic mass is 35.5. The maximum Gasteiger partial charge on any atom is 0.243 e. The molecule has 0 aromatic heterocycles. The first-order valence-electron chi connectivity index (χ1n) is 7.64. The van der Waals surface area contributed by atoms with E-state index < -0.39 is 27.7 Å². The van der Waals surface area contributed by atoms with Crippen molar-refractivity contribution >= 4 is 22.4 Å². The lowest BCUT2D eigenvalue weighted by Gasteiger charge is -2.35. The smallest absolute Gasteiger partial charge is 0.243 e. The average Bonchev–Trinajstić information content (AvgIpc) is 2.57. The molecule has 0 aliphatic carbocycles. The van der Waals surface area contributed by atoms with E-state index in [2.05, 4.69) is 5.32 Å². The molecule has 136 valence electrons. The van der Waals surface area contributed by atoms with Crippen LogP contribution in [0.3, 0.4) is 0 Å². The molecule has 1 atom stereocenters. The summed E-state index contributed by atoms with van der Waals surface area (Å²) in [5.41, 5.74) is 0.859. The number of halogens is 3. The van der Waals surface area contributed by atoms with Gasteiger partial charge in [0, 0.05) is 19.6 Å². The molecule has 1 N–H and O–H groups in total. The quantitative estimate of drug-likeness (QED) is 0.879. The Kier molecular flexibility index (Phi) is 6.16. The van der Waals surface area contributed by atoms with Crippen LogP contribution < -0.4 is 5.32 Å². The van der Waals surface area contributed by atoms with E-state index in [0.717, 1.165) is 6.07 Å². The minimum absolute atomic E-state index is 0. The van der Waals surface area contributed by atoms with Crippen molar-refractivity contribution in [1.29, 1.82) is 0 Å². The number of piperazine rings is 1. The van der Waals surface area contributed by atoms with Crippen LogP contribution in [0.5, 0.6) is 0 Å².